The molecule has 0 atom stereocenters. The van der Waals surface area contributed by atoms with Crippen LogP contribution in [0.4, 0.5) is 5.69 Å². The fraction of sp³-hybridized carbons (Fsp3) is 0.188. The number of carbonyl (C=O) groups excluding carboxylic acids is 1. The Bertz CT molecular complexity index is 599. The summed E-state index contributed by atoms with van der Waals surface area (Å²) in [6.07, 6.45) is 0.207. The van der Waals surface area contributed by atoms with Crippen LogP contribution < -0.4 is 10.5 Å². The standard InChI is InChI=1S/C16H16BrNO3/c17-13-3-1-2-12(10-13)11-21-16(19)8-9-20-15-6-4-14(18)5-7-15/h1-7,10H,8-9,11,18H2. The van der Waals surface area contributed by atoms with Gasteiger partial charge < -0.3 is 15.2 Å². The molecule has 0 saturated carbocycles. The lowest BCUT2D eigenvalue weighted by atomic mass is 10.2. The first-order valence-corrected chi connectivity index (χ1v) is 7.31. The van der Waals surface area contributed by atoms with E-state index in [0.717, 1.165) is 10.0 Å². The molecular formula is C16H16BrNO3. The van der Waals surface area contributed by atoms with Crippen LogP contribution in [0.15, 0.2) is 53.0 Å². The average Bonchev–Trinajstić information content (AvgIpc) is 2.47. The van der Waals surface area contributed by atoms with Crippen molar-refractivity contribution in [1.29, 1.82) is 0 Å². The smallest absolute Gasteiger partial charge is 0.309 e. The number of anilines is 1. The van der Waals surface area contributed by atoms with Crippen LogP contribution >= 0.6 is 15.9 Å². The van der Waals surface area contributed by atoms with Crippen molar-refractivity contribution in [2.24, 2.45) is 0 Å². The molecular weight excluding hydrogens is 334 g/mol. The zero-order chi connectivity index (χ0) is 15.1. The number of nitrogens with two attached hydrogens (primary N) is 1. The van der Waals surface area contributed by atoms with Crippen LogP contribution in [0.3, 0.4) is 0 Å². The SMILES string of the molecule is Nc1ccc(OCCC(=O)OCc2cccc(Br)c2)cc1. The monoisotopic (exact) mass is 349 g/mol. The molecule has 0 spiro atoms. The van der Waals surface area contributed by atoms with Gasteiger partial charge in [0.25, 0.3) is 0 Å². The highest BCUT2D eigenvalue weighted by Gasteiger charge is 2.04. The summed E-state index contributed by atoms with van der Waals surface area (Å²) in [4.78, 5) is 11.6. The Balaban J connectivity index is 1.69. The van der Waals surface area contributed by atoms with E-state index in [1.807, 2.05) is 24.3 Å². The highest BCUT2D eigenvalue weighted by atomic mass is 79.9. The molecule has 0 bridgehead atoms. The molecule has 0 aliphatic carbocycles. The van der Waals surface area contributed by atoms with Crippen LogP contribution in [0.2, 0.25) is 0 Å². The van der Waals surface area contributed by atoms with Gasteiger partial charge in [-0.25, -0.2) is 0 Å². The molecule has 2 N–H and O–H groups in total. The number of esters is 1. The molecule has 4 nitrogen and oxygen atoms in total. The number of halogens is 1. The molecule has 5 heteroatoms. The molecule has 0 unspecified atom stereocenters. The normalized spacial score (nSPS) is 10.1. The van der Waals surface area contributed by atoms with E-state index >= 15 is 0 Å². The zero-order valence-corrected chi connectivity index (χ0v) is 13.0. The molecule has 2 aromatic carbocycles. The topological polar surface area (TPSA) is 61.5 Å². The summed E-state index contributed by atoms with van der Waals surface area (Å²) in [6, 6.07) is 14.7. The van der Waals surface area contributed by atoms with Crippen LogP contribution in [0.25, 0.3) is 0 Å². The molecule has 0 saturated heterocycles. The van der Waals surface area contributed by atoms with Crippen molar-refractivity contribution >= 4 is 27.6 Å². The Hall–Kier alpha value is -2.01. The highest BCUT2D eigenvalue weighted by Crippen LogP contribution is 2.14. The first-order valence-electron chi connectivity index (χ1n) is 6.52. The summed E-state index contributed by atoms with van der Waals surface area (Å²) in [5.74, 6) is 0.398. The minimum absolute atomic E-state index is 0.207. The molecule has 110 valence electrons. The molecule has 0 fully saturated rings. The third-order valence-corrected chi connectivity index (χ3v) is 3.24. The van der Waals surface area contributed by atoms with Crippen molar-refractivity contribution in [2.75, 3.05) is 12.3 Å². The lowest BCUT2D eigenvalue weighted by Crippen LogP contribution is -2.10. The third kappa shape index (κ3) is 5.47. The quantitative estimate of drug-likeness (QED) is 0.639. The molecule has 0 aliphatic rings. The van der Waals surface area contributed by atoms with Gasteiger partial charge in [0.2, 0.25) is 0 Å². The third-order valence-electron chi connectivity index (χ3n) is 2.74. The number of nitrogen functional groups attached to an aromatic ring is 1. The van der Waals surface area contributed by atoms with Crippen LogP contribution in [-0.2, 0) is 16.1 Å². The van der Waals surface area contributed by atoms with Gasteiger partial charge in [-0.3, -0.25) is 4.79 Å². The second-order valence-electron chi connectivity index (χ2n) is 4.46. The van der Waals surface area contributed by atoms with Gasteiger partial charge in [-0.2, -0.15) is 0 Å². The predicted molar refractivity (Wildman–Crippen MR) is 84.9 cm³/mol. The first kappa shape index (κ1) is 15.4. The number of rotatable bonds is 6. The highest BCUT2D eigenvalue weighted by molar-refractivity contribution is 9.10. The van der Waals surface area contributed by atoms with Gasteiger partial charge in [-0.1, -0.05) is 28.1 Å². The lowest BCUT2D eigenvalue weighted by molar-refractivity contribution is -0.145. The van der Waals surface area contributed by atoms with E-state index < -0.39 is 0 Å². The Morgan fingerprint density at radius 1 is 1.14 bits per heavy atom. The minimum atomic E-state index is -0.287. The Kier molecular flexibility index (Phi) is 5.63. The van der Waals surface area contributed by atoms with Crippen LogP contribution in [0.1, 0.15) is 12.0 Å². The molecule has 2 aromatic rings. The lowest BCUT2D eigenvalue weighted by Gasteiger charge is -2.07. The number of hydrogen-bond acceptors (Lipinski definition) is 4. The largest absolute Gasteiger partial charge is 0.493 e. The van der Waals surface area contributed by atoms with Gasteiger partial charge in [0.15, 0.2) is 0 Å². The van der Waals surface area contributed by atoms with Gasteiger partial charge in [0.1, 0.15) is 12.4 Å². The van der Waals surface area contributed by atoms with E-state index in [0.29, 0.717) is 11.4 Å². The molecule has 21 heavy (non-hydrogen) atoms. The molecule has 0 aliphatic heterocycles. The number of carbonyl (C=O) groups is 1. The number of benzene rings is 2. The van der Waals surface area contributed by atoms with Crippen molar-refractivity contribution in [3.05, 3.63) is 58.6 Å². The summed E-state index contributed by atoms with van der Waals surface area (Å²) < 4.78 is 11.6. The van der Waals surface area contributed by atoms with Crippen LogP contribution in [0, 0.1) is 0 Å². The van der Waals surface area contributed by atoms with Gasteiger partial charge in [0.05, 0.1) is 13.0 Å². The van der Waals surface area contributed by atoms with Crippen molar-refractivity contribution in [1.82, 2.24) is 0 Å². The second kappa shape index (κ2) is 7.69. The van der Waals surface area contributed by atoms with Crippen molar-refractivity contribution < 1.29 is 14.3 Å². The van der Waals surface area contributed by atoms with Crippen molar-refractivity contribution in [2.45, 2.75) is 13.0 Å². The maximum absolute atomic E-state index is 11.6. The summed E-state index contributed by atoms with van der Waals surface area (Å²) in [5.41, 5.74) is 7.19. The zero-order valence-electron chi connectivity index (χ0n) is 11.4. The molecule has 0 amide bonds. The summed E-state index contributed by atoms with van der Waals surface area (Å²) in [7, 11) is 0. The minimum Gasteiger partial charge on any atom is -0.493 e. The van der Waals surface area contributed by atoms with E-state index in [4.69, 9.17) is 15.2 Å². The fourth-order valence-electron chi connectivity index (χ4n) is 1.68. The fourth-order valence-corrected chi connectivity index (χ4v) is 2.13. The Morgan fingerprint density at radius 2 is 1.90 bits per heavy atom. The van der Waals surface area contributed by atoms with Crippen LogP contribution in [0.5, 0.6) is 5.75 Å². The van der Waals surface area contributed by atoms with E-state index in [2.05, 4.69) is 15.9 Å². The summed E-state index contributed by atoms with van der Waals surface area (Å²) >= 11 is 3.37. The van der Waals surface area contributed by atoms with Gasteiger partial charge >= 0.3 is 5.97 Å². The van der Waals surface area contributed by atoms with Gasteiger partial charge in [0, 0.05) is 10.2 Å². The van der Waals surface area contributed by atoms with Crippen molar-refractivity contribution in [3.8, 4) is 5.75 Å². The van der Waals surface area contributed by atoms with E-state index in [9.17, 15) is 4.79 Å². The molecule has 0 heterocycles. The van der Waals surface area contributed by atoms with Gasteiger partial charge in [-0.15, -0.1) is 0 Å². The van der Waals surface area contributed by atoms with E-state index in [-0.39, 0.29) is 25.6 Å². The van der Waals surface area contributed by atoms with Gasteiger partial charge in [-0.05, 0) is 42.0 Å². The second-order valence-corrected chi connectivity index (χ2v) is 5.37. The molecule has 2 rings (SSSR count). The Labute approximate surface area is 132 Å². The van der Waals surface area contributed by atoms with Crippen LogP contribution in [-0.4, -0.2) is 12.6 Å². The maximum atomic E-state index is 11.6. The number of hydrogen-bond donors (Lipinski definition) is 1. The van der Waals surface area contributed by atoms with E-state index in [1.54, 1.807) is 24.3 Å². The van der Waals surface area contributed by atoms with Crippen molar-refractivity contribution in [3.63, 3.8) is 0 Å². The summed E-state index contributed by atoms with van der Waals surface area (Å²) in [6.45, 7) is 0.543. The molecule has 0 radical (unpaired) electrons. The molecule has 0 aromatic heterocycles. The number of ether oxygens (including phenoxy) is 2. The maximum Gasteiger partial charge on any atom is 0.309 e. The predicted octanol–water partition coefficient (Wildman–Crippen LogP) is 3.54. The Morgan fingerprint density at radius 3 is 2.62 bits per heavy atom. The first-order chi connectivity index (χ1) is 10.1. The average molecular weight is 350 g/mol. The van der Waals surface area contributed by atoms with E-state index in [1.165, 1.54) is 0 Å². The summed E-state index contributed by atoms with van der Waals surface area (Å²) in [5, 5.41) is 0.